The van der Waals surface area contributed by atoms with Crippen molar-refractivity contribution in [2.75, 3.05) is 73.0 Å². The van der Waals surface area contributed by atoms with Crippen LogP contribution in [0.25, 0.3) is 0 Å². The van der Waals surface area contributed by atoms with Crippen molar-refractivity contribution >= 4 is 91.0 Å². The molecule has 2 atom stereocenters. The van der Waals surface area contributed by atoms with Crippen molar-refractivity contribution in [3.8, 4) is 0 Å². The molecule has 0 aliphatic rings. The molecule has 0 bridgehead atoms. The van der Waals surface area contributed by atoms with E-state index < -0.39 is 0 Å². The Balaban J connectivity index is 0.000000618. The normalized spacial score (nSPS) is 12.4. The quantitative estimate of drug-likeness (QED) is 0.0310. The van der Waals surface area contributed by atoms with Crippen LogP contribution < -0.4 is 19.6 Å². The summed E-state index contributed by atoms with van der Waals surface area (Å²) in [7, 11) is 3.86. The molecule has 0 aliphatic carbocycles. The van der Waals surface area contributed by atoms with E-state index in [0.29, 0.717) is 11.8 Å². The molecule has 4 heterocycles. The first-order valence-corrected chi connectivity index (χ1v) is 38.6. The van der Waals surface area contributed by atoms with E-state index in [-0.39, 0.29) is 21.7 Å². The molecule has 0 saturated carbocycles. The maximum atomic E-state index is 11.7. The summed E-state index contributed by atoms with van der Waals surface area (Å²) >= 11 is 6.16. The zero-order chi connectivity index (χ0) is 68.1. The van der Waals surface area contributed by atoms with Crippen LogP contribution in [-0.2, 0) is 21.7 Å². The molecule has 0 radical (unpaired) electrons. The lowest BCUT2D eigenvalue weighted by atomic mass is 9.91. The Morgan fingerprint density at radius 2 is 0.578 bits per heavy atom. The van der Waals surface area contributed by atoms with Crippen LogP contribution in [0.3, 0.4) is 0 Å². The first-order valence-electron chi connectivity index (χ1n) is 35.3. The third-order valence-electron chi connectivity index (χ3n) is 16.2. The SMILES string of the molecule is CCCCC(CC)CN(CC(CC)CCCC)c1nc(C(C)(C)C)c(C=O)s1.CCCCCCCCN(CCCCCCCC)c1nc(C(C)(C)C)c(C=O)s1.CCCCN(CCCC)c1nc(C(C)(C)C)c(C=O)s1.CN(C)c1nc(C(C)(C)C)c(C=O)s1. The van der Waals surface area contributed by atoms with E-state index in [1.165, 1.54) is 165 Å². The van der Waals surface area contributed by atoms with Gasteiger partial charge in [0.2, 0.25) is 0 Å². The van der Waals surface area contributed by atoms with E-state index in [2.05, 4.69) is 158 Å². The number of anilines is 4. The monoisotopic (exact) mass is 1320 g/mol. The number of aromatic nitrogens is 4. The average molecular weight is 1330 g/mol. The second-order valence-corrected chi connectivity index (χ2v) is 33.2. The third kappa shape index (κ3) is 31.6. The van der Waals surface area contributed by atoms with Gasteiger partial charge >= 0.3 is 0 Å². The molecule has 4 aromatic rings. The van der Waals surface area contributed by atoms with Gasteiger partial charge in [-0.3, -0.25) is 19.2 Å². The molecule has 0 spiro atoms. The highest BCUT2D eigenvalue weighted by atomic mass is 32.1. The minimum Gasteiger partial charge on any atom is -0.354 e. The molecule has 90 heavy (non-hydrogen) atoms. The molecule has 0 saturated heterocycles. The van der Waals surface area contributed by atoms with Crippen LogP contribution in [0.1, 0.15) is 354 Å². The van der Waals surface area contributed by atoms with Gasteiger partial charge in [-0.05, 0) is 50.4 Å². The van der Waals surface area contributed by atoms with E-state index in [1.54, 1.807) is 34.0 Å². The molecule has 0 amide bonds. The van der Waals surface area contributed by atoms with Crippen molar-refractivity contribution in [1.29, 1.82) is 0 Å². The number of unbranched alkanes of at least 4 members (excludes halogenated alkanes) is 14. The molecular formula is C74H132N8O4S4. The van der Waals surface area contributed by atoms with Gasteiger partial charge in [0, 0.05) is 75.0 Å². The topological polar surface area (TPSA) is 133 Å². The lowest BCUT2D eigenvalue weighted by Gasteiger charge is -2.30. The van der Waals surface area contributed by atoms with Gasteiger partial charge in [-0.25, -0.2) is 19.9 Å². The van der Waals surface area contributed by atoms with Crippen LogP contribution in [0.4, 0.5) is 20.5 Å². The fourth-order valence-corrected chi connectivity index (χ4v) is 14.9. The first-order chi connectivity index (χ1) is 42.5. The Kier molecular flexibility index (Phi) is 42.1. The molecule has 0 aromatic carbocycles. The van der Waals surface area contributed by atoms with Gasteiger partial charge in [0.05, 0.1) is 42.3 Å². The Bertz CT molecular complexity index is 2500. The number of rotatable bonds is 40. The highest BCUT2D eigenvalue weighted by molar-refractivity contribution is 7.18. The summed E-state index contributed by atoms with van der Waals surface area (Å²) in [5, 5.41) is 4.00. The predicted octanol–water partition coefficient (Wildman–Crippen LogP) is 22.3. The maximum Gasteiger partial charge on any atom is 0.186 e. The van der Waals surface area contributed by atoms with Crippen LogP contribution in [0.15, 0.2) is 0 Å². The molecule has 0 aliphatic heterocycles. The van der Waals surface area contributed by atoms with Crippen molar-refractivity contribution in [3.05, 3.63) is 42.3 Å². The number of thiazole rings is 4. The largest absolute Gasteiger partial charge is 0.354 e. The van der Waals surface area contributed by atoms with Crippen LogP contribution in [-0.4, -0.2) is 98.4 Å². The number of carbonyl (C=O) groups is 4. The molecular weight excluding hydrogens is 1190 g/mol. The van der Waals surface area contributed by atoms with Crippen molar-refractivity contribution in [2.45, 2.75) is 314 Å². The molecule has 2 unspecified atom stereocenters. The summed E-state index contributed by atoms with van der Waals surface area (Å²) in [6.45, 7) is 49.8. The van der Waals surface area contributed by atoms with Crippen molar-refractivity contribution in [1.82, 2.24) is 19.9 Å². The standard InChI is InChI=1S/2C24H44N2OS.C16H28N2OS.C10H16N2OS/c1-8-12-14-19(10-3)16-26(17-20(11-4)15-13-9-2)23-25-22(24(5,6)7)21(18-27)28-23;1-6-8-10-12-14-16-18-26(19-17-15-13-11-9-7-2)23-25-22(24(3,4)5)21(20-27)28-23;1-6-8-10-18(11-9-7-2)15-17-14(16(3,4)5)13(12-19)20-15;1-10(2,3)8-7(6-13)14-9(11-8)12(4)5/h18-20H,8-17H2,1-7H3;20H,6-19H2,1-5H3;12H,6-11H2,1-5H3;6H,1-5H3. The van der Waals surface area contributed by atoms with E-state index in [9.17, 15) is 19.2 Å². The van der Waals surface area contributed by atoms with Crippen molar-refractivity contribution < 1.29 is 19.2 Å². The number of nitrogens with zero attached hydrogens (tertiary/aromatic N) is 8. The lowest BCUT2D eigenvalue weighted by Crippen LogP contribution is -2.34. The zero-order valence-electron chi connectivity index (χ0n) is 61.5. The van der Waals surface area contributed by atoms with Crippen molar-refractivity contribution in [2.24, 2.45) is 11.8 Å². The van der Waals surface area contributed by atoms with Crippen molar-refractivity contribution in [3.63, 3.8) is 0 Å². The van der Waals surface area contributed by atoms with Crippen LogP contribution in [0.5, 0.6) is 0 Å². The van der Waals surface area contributed by atoms with Gasteiger partial charge in [-0.2, -0.15) is 0 Å². The Hall–Kier alpha value is -3.60. The maximum absolute atomic E-state index is 11.7. The minimum absolute atomic E-state index is 0.0684. The smallest absolute Gasteiger partial charge is 0.186 e. The van der Waals surface area contributed by atoms with Crippen LogP contribution >= 0.6 is 45.3 Å². The van der Waals surface area contributed by atoms with Crippen LogP contribution in [0, 0.1) is 11.8 Å². The average Bonchev–Trinajstić information content (AvgIpc) is 1.79. The number of hydrogen-bond donors (Lipinski definition) is 0. The minimum atomic E-state index is -0.102. The van der Waals surface area contributed by atoms with Gasteiger partial charge in [0.25, 0.3) is 0 Å². The number of carbonyl (C=O) groups excluding carboxylic acids is 4. The van der Waals surface area contributed by atoms with E-state index in [1.807, 2.05) is 19.0 Å². The van der Waals surface area contributed by atoms with E-state index in [4.69, 9.17) is 15.0 Å². The first kappa shape index (κ1) is 84.4. The highest BCUT2D eigenvalue weighted by Gasteiger charge is 2.29. The van der Waals surface area contributed by atoms with Gasteiger partial charge in [0.1, 0.15) is 0 Å². The number of hydrogen-bond acceptors (Lipinski definition) is 16. The zero-order valence-corrected chi connectivity index (χ0v) is 64.8. The van der Waals surface area contributed by atoms with Gasteiger partial charge in [-0.1, -0.05) is 299 Å². The molecule has 12 nitrogen and oxygen atoms in total. The molecule has 4 rings (SSSR count). The summed E-state index contributed by atoms with van der Waals surface area (Å²) in [6.07, 6.45) is 34.4. The summed E-state index contributed by atoms with van der Waals surface area (Å²) in [4.78, 5) is 77.0. The van der Waals surface area contributed by atoms with Gasteiger partial charge in [0.15, 0.2) is 45.7 Å². The molecule has 4 aromatic heterocycles. The Morgan fingerprint density at radius 3 is 0.822 bits per heavy atom. The third-order valence-corrected chi connectivity index (χ3v) is 20.5. The summed E-state index contributed by atoms with van der Waals surface area (Å²) in [6, 6.07) is 0. The van der Waals surface area contributed by atoms with Gasteiger partial charge in [-0.15, -0.1) is 0 Å². The Morgan fingerprint density at radius 1 is 0.333 bits per heavy atom. The van der Waals surface area contributed by atoms with E-state index >= 15 is 0 Å². The Labute approximate surface area is 567 Å². The summed E-state index contributed by atoms with van der Waals surface area (Å²) < 4.78 is 0. The molecule has 0 N–H and O–H groups in total. The predicted molar refractivity (Wildman–Crippen MR) is 399 cm³/mol. The molecule has 0 fully saturated rings. The summed E-state index contributed by atoms with van der Waals surface area (Å²) in [5.74, 6) is 1.40. The van der Waals surface area contributed by atoms with Gasteiger partial charge < -0.3 is 19.6 Å². The number of aldehydes is 4. The molecule has 516 valence electrons. The fraction of sp³-hybridized carbons (Fsp3) is 0.784. The fourth-order valence-electron chi connectivity index (χ4n) is 10.5. The second-order valence-electron chi connectivity index (χ2n) is 29.2. The molecule has 16 heteroatoms. The second kappa shape index (κ2) is 44.9. The van der Waals surface area contributed by atoms with Crippen LogP contribution in [0.2, 0.25) is 0 Å². The summed E-state index contributed by atoms with van der Waals surface area (Å²) in [5.41, 5.74) is 3.40. The highest BCUT2D eigenvalue weighted by Crippen LogP contribution is 2.38. The lowest BCUT2D eigenvalue weighted by molar-refractivity contribution is 0.111. The van der Waals surface area contributed by atoms with E-state index in [0.717, 1.165) is 127 Å².